The molecule has 0 aliphatic rings. The van der Waals surface area contributed by atoms with Gasteiger partial charge in [0.1, 0.15) is 6.61 Å². The van der Waals surface area contributed by atoms with E-state index in [1.54, 1.807) is 6.07 Å². The average molecular weight is 294 g/mol. The summed E-state index contributed by atoms with van der Waals surface area (Å²) in [5, 5.41) is 14.5. The Bertz CT molecular complexity index is 394. The number of hydrogen-bond acceptors (Lipinski definition) is 3. The molecule has 120 valence electrons. The second-order valence-corrected chi connectivity index (χ2v) is 5.02. The summed E-state index contributed by atoms with van der Waals surface area (Å²) in [6.07, 6.45) is 3.41. The lowest BCUT2D eigenvalue weighted by atomic mass is 10.1. The summed E-state index contributed by atoms with van der Waals surface area (Å²) >= 11 is 0. The highest BCUT2D eigenvalue weighted by Crippen LogP contribution is 2.10. The van der Waals surface area contributed by atoms with Crippen molar-refractivity contribution in [3.63, 3.8) is 0 Å². The Kier molecular flexibility index (Phi) is 11.5. The fourth-order valence-corrected chi connectivity index (χ4v) is 1.60. The quantitative estimate of drug-likeness (QED) is 0.724. The third-order valence-corrected chi connectivity index (χ3v) is 3.12. The maximum absolute atomic E-state index is 10.8. The molecule has 0 saturated carbocycles. The molecule has 0 fully saturated rings. The van der Waals surface area contributed by atoms with Crippen LogP contribution in [0.4, 0.5) is 5.69 Å². The smallest absolute Gasteiger partial charge is 0.250 e. The second kappa shape index (κ2) is 12.4. The molecule has 3 N–H and O–H groups in total. The first-order valence-corrected chi connectivity index (χ1v) is 7.80. The topological polar surface area (TPSA) is 61.4 Å². The minimum absolute atomic E-state index is 0.381. The molecule has 0 radical (unpaired) electrons. The molecule has 0 aliphatic carbocycles. The standard InChI is InChI=1S/C10H13NO2.C7H17N/c1-2-8-4-3-5-9(6-8)11-10(13)7-12;1-4-6-8-7(3)5-2/h3-6,12H,2,7H2,1H3,(H,11,13);7-8H,4-6H2,1-3H3. The van der Waals surface area contributed by atoms with Gasteiger partial charge in [-0.2, -0.15) is 0 Å². The number of aryl methyl sites for hydroxylation is 1. The second-order valence-electron chi connectivity index (χ2n) is 5.02. The van der Waals surface area contributed by atoms with Crippen molar-refractivity contribution in [2.75, 3.05) is 18.5 Å². The van der Waals surface area contributed by atoms with E-state index in [1.165, 1.54) is 12.8 Å². The highest BCUT2D eigenvalue weighted by molar-refractivity contribution is 5.91. The SMILES string of the molecule is CCCNC(C)CC.CCc1cccc(NC(=O)CO)c1. The number of benzene rings is 1. The minimum atomic E-state index is -0.476. The summed E-state index contributed by atoms with van der Waals surface area (Å²) in [4.78, 5) is 10.8. The van der Waals surface area contributed by atoms with E-state index in [2.05, 4.69) is 31.4 Å². The van der Waals surface area contributed by atoms with Crippen molar-refractivity contribution in [1.29, 1.82) is 0 Å². The maximum Gasteiger partial charge on any atom is 0.250 e. The summed E-state index contributed by atoms with van der Waals surface area (Å²) in [6, 6.07) is 8.27. The number of aliphatic hydroxyl groups is 1. The van der Waals surface area contributed by atoms with E-state index in [9.17, 15) is 4.79 Å². The average Bonchev–Trinajstić information content (AvgIpc) is 2.53. The van der Waals surface area contributed by atoms with Crippen LogP contribution in [0.2, 0.25) is 0 Å². The number of carbonyl (C=O) groups excluding carboxylic acids is 1. The lowest BCUT2D eigenvalue weighted by Crippen LogP contribution is -2.25. The summed E-state index contributed by atoms with van der Waals surface area (Å²) in [6.45, 7) is 9.34. The van der Waals surface area contributed by atoms with Crippen LogP contribution in [-0.4, -0.2) is 30.2 Å². The lowest BCUT2D eigenvalue weighted by Gasteiger charge is -2.08. The predicted molar refractivity (Wildman–Crippen MR) is 89.6 cm³/mol. The van der Waals surface area contributed by atoms with Gasteiger partial charge in [0, 0.05) is 11.7 Å². The van der Waals surface area contributed by atoms with Crippen LogP contribution >= 0.6 is 0 Å². The molecule has 1 unspecified atom stereocenters. The molecule has 1 aromatic rings. The van der Waals surface area contributed by atoms with Crippen molar-refractivity contribution in [2.45, 2.75) is 53.0 Å². The monoisotopic (exact) mass is 294 g/mol. The summed E-state index contributed by atoms with van der Waals surface area (Å²) in [5.74, 6) is -0.381. The highest BCUT2D eigenvalue weighted by atomic mass is 16.3. The Morgan fingerprint density at radius 3 is 2.52 bits per heavy atom. The first-order valence-electron chi connectivity index (χ1n) is 7.80. The van der Waals surface area contributed by atoms with Crippen molar-refractivity contribution in [3.8, 4) is 0 Å². The van der Waals surface area contributed by atoms with Crippen LogP contribution < -0.4 is 10.6 Å². The van der Waals surface area contributed by atoms with Crippen molar-refractivity contribution >= 4 is 11.6 Å². The normalized spacial score (nSPS) is 11.3. The molecule has 4 heteroatoms. The van der Waals surface area contributed by atoms with E-state index in [-0.39, 0.29) is 5.91 Å². The van der Waals surface area contributed by atoms with Crippen LogP contribution in [0.15, 0.2) is 24.3 Å². The van der Waals surface area contributed by atoms with Gasteiger partial charge in [-0.3, -0.25) is 4.79 Å². The van der Waals surface area contributed by atoms with E-state index in [4.69, 9.17) is 5.11 Å². The molecular weight excluding hydrogens is 264 g/mol. The Morgan fingerprint density at radius 1 is 1.29 bits per heavy atom. The molecule has 0 bridgehead atoms. The molecule has 1 aromatic carbocycles. The number of anilines is 1. The fourth-order valence-electron chi connectivity index (χ4n) is 1.60. The van der Waals surface area contributed by atoms with Gasteiger partial charge in [-0.1, -0.05) is 32.9 Å². The molecule has 1 atom stereocenters. The number of amides is 1. The van der Waals surface area contributed by atoms with Crippen molar-refractivity contribution in [2.24, 2.45) is 0 Å². The number of aliphatic hydroxyl groups excluding tert-OH is 1. The molecule has 0 aliphatic heterocycles. The molecule has 0 aromatic heterocycles. The Hall–Kier alpha value is -1.39. The predicted octanol–water partition coefficient (Wildman–Crippen LogP) is 2.96. The van der Waals surface area contributed by atoms with Gasteiger partial charge in [0.2, 0.25) is 5.91 Å². The van der Waals surface area contributed by atoms with Crippen LogP contribution in [0, 0.1) is 0 Å². The molecule has 1 amide bonds. The number of hydrogen-bond donors (Lipinski definition) is 3. The van der Waals surface area contributed by atoms with Crippen LogP contribution in [-0.2, 0) is 11.2 Å². The maximum atomic E-state index is 10.8. The van der Waals surface area contributed by atoms with Crippen LogP contribution in [0.3, 0.4) is 0 Å². The summed E-state index contributed by atoms with van der Waals surface area (Å²) in [7, 11) is 0. The van der Waals surface area contributed by atoms with Gasteiger partial charge in [-0.15, -0.1) is 0 Å². The Morgan fingerprint density at radius 2 is 2.00 bits per heavy atom. The van der Waals surface area contributed by atoms with Crippen molar-refractivity contribution < 1.29 is 9.90 Å². The van der Waals surface area contributed by atoms with E-state index >= 15 is 0 Å². The van der Waals surface area contributed by atoms with Crippen LogP contribution in [0.1, 0.15) is 46.1 Å². The Balaban J connectivity index is 0.000000433. The molecule has 0 spiro atoms. The van der Waals surface area contributed by atoms with Gasteiger partial charge >= 0.3 is 0 Å². The largest absolute Gasteiger partial charge is 0.387 e. The van der Waals surface area contributed by atoms with E-state index in [0.717, 1.165) is 24.2 Å². The third kappa shape index (κ3) is 10.0. The zero-order chi connectivity index (χ0) is 16.1. The van der Waals surface area contributed by atoms with E-state index < -0.39 is 6.61 Å². The third-order valence-electron chi connectivity index (χ3n) is 3.12. The fraction of sp³-hybridized carbons (Fsp3) is 0.588. The molecule has 4 nitrogen and oxygen atoms in total. The molecule has 0 heterocycles. The molecule has 1 rings (SSSR count). The first-order chi connectivity index (χ1) is 10.1. The van der Waals surface area contributed by atoms with Crippen molar-refractivity contribution in [1.82, 2.24) is 5.32 Å². The number of rotatable bonds is 7. The van der Waals surface area contributed by atoms with Crippen LogP contribution in [0.5, 0.6) is 0 Å². The van der Waals surface area contributed by atoms with Gasteiger partial charge in [0.05, 0.1) is 0 Å². The first kappa shape index (κ1) is 19.6. The lowest BCUT2D eigenvalue weighted by molar-refractivity contribution is -0.118. The summed E-state index contributed by atoms with van der Waals surface area (Å²) in [5.41, 5.74) is 1.90. The van der Waals surface area contributed by atoms with Gasteiger partial charge in [-0.05, 0) is 50.4 Å². The zero-order valence-electron chi connectivity index (χ0n) is 13.8. The van der Waals surface area contributed by atoms with E-state index in [0.29, 0.717) is 6.04 Å². The minimum Gasteiger partial charge on any atom is -0.387 e. The van der Waals surface area contributed by atoms with Crippen molar-refractivity contribution in [3.05, 3.63) is 29.8 Å². The number of carbonyl (C=O) groups is 1. The molecule has 21 heavy (non-hydrogen) atoms. The zero-order valence-corrected chi connectivity index (χ0v) is 13.8. The Labute approximate surface area is 129 Å². The molecule has 0 saturated heterocycles. The van der Waals surface area contributed by atoms with E-state index in [1.807, 2.05) is 25.1 Å². The van der Waals surface area contributed by atoms with Gasteiger partial charge in [0.25, 0.3) is 0 Å². The van der Waals surface area contributed by atoms with Gasteiger partial charge in [0.15, 0.2) is 0 Å². The highest BCUT2D eigenvalue weighted by Gasteiger charge is 1.99. The van der Waals surface area contributed by atoms with Crippen LogP contribution in [0.25, 0.3) is 0 Å². The summed E-state index contributed by atoms with van der Waals surface area (Å²) < 4.78 is 0. The van der Waals surface area contributed by atoms with Gasteiger partial charge < -0.3 is 15.7 Å². The number of nitrogens with one attached hydrogen (secondary N) is 2. The van der Waals surface area contributed by atoms with Gasteiger partial charge in [-0.25, -0.2) is 0 Å². The molecular formula is C17H30N2O2.